The minimum Gasteiger partial charge on any atom is -0.478 e. The van der Waals surface area contributed by atoms with Gasteiger partial charge in [-0.3, -0.25) is 0 Å². The molecule has 0 saturated carbocycles. The van der Waals surface area contributed by atoms with Crippen LogP contribution in [0.4, 0.5) is 0 Å². The predicted molar refractivity (Wildman–Crippen MR) is 53.7 cm³/mol. The van der Waals surface area contributed by atoms with Gasteiger partial charge in [0.2, 0.25) is 0 Å². The van der Waals surface area contributed by atoms with Crippen LogP contribution in [0.2, 0.25) is 0 Å². The molecule has 0 aromatic rings. The first-order chi connectivity index (χ1) is 7.25. The number of hydrogen-bond acceptors (Lipinski definition) is 4. The summed E-state index contributed by atoms with van der Waals surface area (Å²) in [5.74, 6) is -3.65. The largest absolute Gasteiger partial charge is 0.478 e. The monoisotopic (exact) mass is 228 g/mol. The maximum absolute atomic E-state index is 11.1. The number of rotatable bonds is 5. The number of esters is 1. The summed E-state index contributed by atoms with van der Waals surface area (Å²) in [6.07, 6.45) is -0.670. The third kappa shape index (κ3) is 4.41. The lowest BCUT2D eigenvalue weighted by atomic mass is 10.1. The normalized spacial score (nSPS) is 12.8. The Morgan fingerprint density at radius 1 is 1.31 bits per heavy atom. The van der Waals surface area contributed by atoms with Crippen LogP contribution in [0.3, 0.4) is 0 Å². The Morgan fingerprint density at radius 3 is 2.12 bits per heavy atom. The van der Waals surface area contributed by atoms with Gasteiger partial charge in [0.15, 0.2) is 0 Å². The van der Waals surface area contributed by atoms with Gasteiger partial charge in [-0.25, -0.2) is 14.4 Å². The Balaban J connectivity index is 4.84. The molecule has 0 aliphatic heterocycles. The molecule has 6 heteroatoms. The highest BCUT2D eigenvalue weighted by atomic mass is 16.5. The van der Waals surface area contributed by atoms with E-state index in [2.05, 4.69) is 11.3 Å². The van der Waals surface area contributed by atoms with Crippen molar-refractivity contribution in [3.8, 4) is 0 Å². The highest BCUT2D eigenvalue weighted by Crippen LogP contribution is 2.09. The number of hydrogen-bond donors (Lipinski definition) is 2. The lowest BCUT2D eigenvalue weighted by Gasteiger charge is -2.13. The van der Waals surface area contributed by atoms with Crippen molar-refractivity contribution in [1.82, 2.24) is 0 Å². The molecule has 0 aromatic carbocycles. The quantitative estimate of drug-likeness (QED) is 0.527. The highest BCUT2D eigenvalue weighted by molar-refractivity contribution is 5.96. The molecule has 1 unspecified atom stereocenters. The van der Waals surface area contributed by atoms with Gasteiger partial charge in [0, 0.05) is 11.6 Å². The lowest BCUT2D eigenvalue weighted by molar-refractivity contribution is -0.144. The summed E-state index contributed by atoms with van der Waals surface area (Å²) in [6, 6.07) is 0. The van der Waals surface area contributed by atoms with Crippen molar-refractivity contribution in [2.24, 2.45) is 0 Å². The zero-order valence-electron chi connectivity index (χ0n) is 8.89. The summed E-state index contributed by atoms with van der Waals surface area (Å²) >= 11 is 0. The standard InChI is InChI=1S/C10H12O6/c1-5(2)10(15)16-6(3)7(9(13)14)4-8(11)12/h4,6H,1H2,2-3H3,(H,11,12)(H,13,14). The molecule has 0 heterocycles. The summed E-state index contributed by atoms with van der Waals surface area (Å²) in [5, 5.41) is 17.1. The summed E-state index contributed by atoms with van der Waals surface area (Å²) in [5.41, 5.74) is -0.408. The van der Waals surface area contributed by atoms with E-state index in [0.717, 1.165) is 0 Å². The van der Waals surface area contributed by atoms with Crippen LogP contribution in [-0.4, -0.2) is 34.2 Å². The number of carboxylic acid groups (broad SMARTS) is 2. The minimum absolute atomic E-state index is 0.104. The number of carbonyl (C=O) groups is 3. The van der Waals surface area contributed by atoms with Crippen LogP contribution < -0.4 is 0 Å². The van der Waals surface area contributed by atoms with E-state index in [9.17, 15) is 14.4 Å². The first-order valence-electron chi connectivity index (χ1n) is 4.30. The summed E-state index contributed by atoms with van der Waals surface area (Å²) in [6.45, 7) is 5.98. The van der Waals surface area contributed by atoms with Gasteiger partial charge < -0.3 is 14.9 Å². The van der Waals surface area contributed by atoms with Crippen LogP contribution in [0.5, 0.6) is 0 Å². The van der Waals surface area contributed by atoms with E-state index in [-0.39, 0.29) is 5.57 Å². The zero-order valence-corrected chi connectivity index (χ0v) is 8.89. The van der Waals surface area contributed by atoms with Crippen molar-refractivity contribution in [3.05, 3.63) is 23.8 Å². The molecule has 6 nitrogen and oxygen atoms in total. The van der Waals surface area contributed by atoms with Crippen molar-refractivity contribution in [1.29, 1.82) is 0 Å². The molecule has 1 atom stereocenters. The Bertz CT molecular complexity index is 366. The van der Waals surface area contributed by atoms with Gasteiger partial charge >= 0.3 is 17.9 Å². The maximum atomic E-state index is 11.1. The van der Waals surface area contributed by atoms with Crippen molar-refractivity contribution in [2.75, 3.05) is 0 Å². The highest BCUT2D eigenvalue weighted by Gasteiger charge is 2.21. The Hall–Kier alpha value is -2.11. The first-order valence-corrected chi connectivity index (χ1v) is 4.30. The van der Waals surface area contributed by atoms with Crippen LogP contribution in [0.1, 0.15) is 13.8 Å². The molecule has 0 fully saturated rings. The zero-order chi connectivity index (χ0) is 12.9. The van der Waals surface area contributed by atoms with Gasteiger partial charge in [-0.15, -0.1) is 0 Å². The molecule has 0 aromatic heterocycles. The molecule has 0 aliphatic rings. The van der Waals surface area contributed by atoms with Gasteiger partial charge in [-0.1, -0.05) is 6.58 Å². The molecule has 0 spiro atoms. The third-order valence-electron chi connectivity index (χ3n) is 1.60. The van der Waals surface area contributed by atoms with Crippen LogP contribution in [0, 0.1) is 0 Å². The Morgan fingerprint density at radius 2 is 1.81 bits per heavy atom. The van der Waals surface area contributed by atoms with E-state index in [1.165, 1.54) is 13.8 Å². The average Bonchev–Trinajstić information content (AvgIpc) is 2.12. The summed E-state index contributed by atoms with van der Waals surface area (Å²) in [7, 11) is 0. The Kier molecular flexibility index (Phi) is 4.94. The molecule has 0 bridgehead atoms. The van der Waals surface area contributed by atoms with Crippen molar-refractivity contribution < 1.29 is 29.3 Å². The summed E-state index contributed by atoms with van der Waals surface area (Å²) < 4.78 is 4.69. The van der Waals surface area contributed by atoms with Crippen molar-refractivity contribution >= 4 is 17.9 Å². The third-order valence-corrected chi connectivity index (χ3v) is 1.60. The molecule has 2 N–H and O–H groups in total. The van der Waals surface area contributed by atoms with Crippen LogP contribution in [0.25, 0.3) is 0 Å². The van der Waals surface area contributed by atoms with Crippen LogP contribution >= 0.6 is 0 Å². The second-order valence-electron chi connectivity index (χ2n) is 3.07. The summed E-state index contributed by atoms with van der Waals surface area (Å²) in [4.78, 5) is 32.1. The molecule has 0 radical (unpaired) electrons. The fourth-order valence-electron chi connectivity index (χ4n) is 0.811. The second kappa shape index (κ2) is 5.69. The number of ether oxygens (including phenoxy) is 1. The van der Waals surface area contributed by atoms with Gasteiger partial charge in [-0.05, 0) is 13.8 Å². The molecule has 88 valence electrons. The van der Waals surface area contributed by atoms with Gasteiger partial charge in [-0.2, -0.15) is 0 Å². The van der Waals surface area contributed by atoms with Crippen LogP contribution in [0.15, 0.2) is 23.8 Å². The fraction of sp³-hybridized carbons (Fsp3) is 0.300. The molecule has 0 saturated heterocycles. The number of carbonyl (C=O) groups excluding carboxylic acids is 1. The van der Waals surface area contributed by atoms with E-state index in [0.29, 0.717) is 6.08 Å². The lowest BCUT2D eigenvalue weighted by Crippen LogP contribution is -2.23. The van der Waals surface area contributed by atoms with E-state index in [4.69, 9.17) is 10.2 Å². The first kappa shape index (κ1) is 13.9. The van der Waals surface area contributed by atoms with E-state index in [1.807, 2.05) is 0 Å². The minimum atomic E-state index is -1.45. The van der Waals surface area contributed by atoms with E-state index < -0.39 is 29.6 Å². The number of carboxylic acids is 2. The maximum Gasteiger partial charge on any atom is 0.335 e. The van der Waals surface area contributed by atoms with E-state index >= 15 is 0 Å². The molecule has 0 amide bonds. The second-order valence-corrected chi connectivity index (χ2v) is 3.07. The SMILES string of the molecule is C=C(C)C(=O)OC(C)C(=CC(=O)O)C(=O)O. The molecular weight excluding hydrogens is 216 g/mol. The van der Waals surface area contributed by atoms with E-state index in [1.54, 1.807) is 0 Å². The van der Waals surface area contributed by atoms with Crippen LogP contribution in [-0.2, 0) is 19.1 Å². The topological polar surface area (TPSA) is 101 Å². The molecule has 0 aliphatic carbocycles. The molecular formula is C10H12O6. The smallest absolute Gasteiger partial charge is 0.335 e. The molecule has 0 rings (SSSR count). The van der Waals surface area contributed by atoms with Crippen molar-refractivity contribution in [3.63, 3.8) is 0 Å². The fourth-order valence-corrected chi connectivity index (χ4v) is 0.811. The van der Waals surface area contributed by atoms with Crippen molar-refractivity contribution in [2.45, 2.75) is 20.0 Å². The van der Waals surface area contributed by atoms with Gasteiger partial charge in [0.1, 0.15) is 6.10 Å². The number of aliphatic carboxylic acids is 2. The van der Waals surface area contributed by atoms with Gasteiger partial charge in [0.05, 0.1) is 5.57 Å². The average molecular weight is 228 g/mol. The Labute approximate surface area is 91.8 Å². The molecule has 16 heavy (non-hydrogen) atoms. The van der Waals surface area contributed by atoms with Gasteiger partial charge in [0.25, 0.3) is 0 Å². The predicted octanol–water partition coefficient (Wildman–Crippen LogP) is 0.590.